The molecule has 0 nitrogen and oxygen atoms in total. The molecule has 2 aliphatic carbocycles. The molecule has 2 aliphatic rings. The molecule has 2 aromatic carbocycles. The molecule has 0 radical (unpaired) electrons. The zero-order valence-electron chi connectivity index (χ0n) is 26.3. The van der Waals surface area contributed by atoms with Gasteiger partial charge >= 0.3 is 0 Å². The Hall–Kier alpha value is -1.86. The second-order valence-corrected chi connectivity index (χ2v) is 21.3. The van der Waals surface area contributed by atoms with E-state index in [-0.39, 0.29) is 21.7 Å². The molecule has 2 unspecified atom stereocenters. The summed E-state index contributed by atoms with van der Waals surface area (Å²) >= 11 is 0. The van der Waals surface area contributed by atoms with E-state index in [1.807, 2.05) is 0 Å². The molecule has 0 saturated heterocycles. The first-order valence-corrected chi connectivity index (χ1v) is 17.5. The summed E-state index contributed by atoms with van der Waals surface area (Å²) in [4.78, 5) is 0. The molecular formula is C36H52Si. The van der Waals surface area contributed by atoms with E-state index in [1.54, 1.807) is 22.3 Å². The summed E-state index contributed by atoms with van der Waals surface area (Å²) in [5, 5.41) is 0. The van der Waals surface area contributed by atoms with E-state index in [0.29, 0.717) is 11.1 Å². The molecule has 2 atom stereocenters. The largest absolute Gasteiger partial charge is 0.0722 e. The van der Waals surface area contributed by atoms with Gasteiger partial charge in [0.1, 0.15) is 0 Å². The topological polar surface area (TPSA) is 0 Å². The van der Waals surface area contributed by atoms with Gasteiger partial charge in [0.2, 0.25) is 0 Å². The van der Waals surface area contributed by atoms with Crippen LogP contribution < -0.4 is 0 Å². The molecule has 200 valence electrons. The third-order valence-corrected chi connectivity index (χ3v) is 13.2. The van der Waals surface area contributed by atoms with Crippen molar-refractivity contribution in [1.82, 2.24) is 0 Å². The summed E-state index contributed by atoms with van der Waals surface area (Å²) in [6, 6.07) is 14.3. The van der Waals surface area contributed by atoms with Crippen molar-refractivity contribution >= 4 is 20.2 Å². The molecular weight excluding hydrogens is 460 g/mol. The lowest BCUT2D eigenvalue weighted by atomic mass is 9.83. The lowest BCUT2D eigenvalue weighted by molar-refractivity contribution is 0.481. The van der Waals surface area contributed by atoms with Gasteiger partial charge in [-0.3, -0.25) is 0 Å². The highest BCUT2D eigenvalue weighted by Crippen LogP contribution is 2.59. The van der Waals surface area contributed by atoms with E-state index in [4.69, 9.17) is 0 Å². The van der Waals surface area contributed by atoms with Crippen molar-refractivity contribution in [2.24, 2.45) is 10.8 Å². The highest BCUT2D eigenvalue weighted by atomic mass is 28.3. The molecule has 0 aliphatic heterocycles. The van der Waals surface area contributed by atoms with E-state index in [1.165, 1.54) is 22.3 Å². The Morgan fingerprint density at radius 1 is 0.486 bits per heavy atom. The van der Waals surface area contributed by atoms with Crippen LogP contribution in [0.5, 0.6) is 0 Å². The van der Waals surface area contributed by atoms with Crippen LogP contribution in [0.4, 0.5) is 0 Å². The van der Waals surface area contributed by atoms with Crippen LogP contribution in [0.2, 0.25) is 13.1 Å². The predicted octanol–water partition coefficient (Wildman–Crippen LogP) is 10.8. The van der Waals surface area contributed by atoms with Crippen molar-refractivity contribution in [1.29, 1.82) is 0 Å². The number of benzene rings is 2. The highest BCUT2D eigenvalue weighted by molar-refractivity contribution is 6.81. The summed E-state index contributed by atoms with van der Waals surface area (Å²) in [6.07, 6.45) is 5.22. The minimum absolute atomic E-state index is 0.128. The molecule has 0 fully saturated rings. The average molecular weight is 513 g/mol. The van der Waals surface area contributed by atoms with Gasteiger partial charge in [0.05, 0.1) is 8.07 Å². The molecule has 1 heteroatoms. The number of allylic oxidation sites excluding steroid dienone is 2. The normalized spacial score (nSPS) is 20.5. The molecule has 2 aromatic rings. The van der Waals surface area contributed by atoms with Gasteiger partial charge in [-0.25, -0.2) is 0 Å². The lowest BCUT2D eigenvalue weighted by Gasteiger charge is -2.45. The second kappa shape index (κ2) is 8.57. The van der Waals surface area contributed by atoms with Crippen molar-refractivity contribution in [2.45, 2.75) is 118 Å². The molecule has 0 aromatic heterocycles. The van der Waals surface area contributed by atoms with Crippen LogP contribution in [-0.2, 0) is 10.8 Å². The fourth-order valence-corrected chi connectivity index (χ4v) is 12.3. The third-order valence-electron chi connectivity index (χ3n) is 8.96. The van der Waals surface area contributed by atoms with Crippen LogP contribution in [0.15, 0.2) is 47.5 Å². The van der Waals surface area contributed by atoms with Crippen LogP contribution in [0.1, 0.15) is 128 Å². The second-order valence-electron chi connectivity index (χ2n) is 16.5. The van der Waals surface area contributed by atoms with Gasteiger partial charge in [-0.1, -0.05) is 156 Å². The monoisotopic (exact) mass is 512 g/mol. The number of fused-ring (bicyclic) bond motifs is 2. The zero-order valence-corrected chi connectivity index (χ0v) is 27.3. The maximum absolute atomic E-state index is 2.69. The lowest BCUT2D eigenvalue weighted by Crippen LogP contribution is -2.45. The highest BCUT2D eigenvalue weighted by Gasteiger charge is 2.52. The summed E-state index contributed by atoms with van der Waals surface area (Å²) in [7, 11) is -1.99. The summed E-state index contributed by atoms with van der Waals surface area (Å²) in [5.74, 6) is 0. The van der Waals surface area contributed by atoms with Crippen LogP contribution in [-0.4, -0.2) is 8.07 Å². The molecule has 0 amide bonds. The Balaban J connectivity index is 2.00. The number of hydrogen-bond acceptors (Lipinski definition) is 0. The van der Waals surface area contributed by atoms with Gasteiger partial charge in [0, 0.05) is 11.1 Å². The van der Waals surface area contributed by atoms with Crippen molar-refractivity contribution in [2.75, 3.05) is 0 Å². The van der Waals surface area contributed by atoms with Crippen molar-refractivity contribution in [3.8, 4) is 0 Å². The summed E-state index contributed by atoms with van der Waals surface area (Å²) in [5.41, 5.74) is 14.0. The van der Waals surface area contributed by atoms with Gasteiger partial charge in [-0.05, 0) is 55.0 Å². The van der Waals surface area contributed by atoms with Crippen LogP contribution >= 0.6 is 0 Å². The Morgan fingerprint density at radius 3 is 1.08 bits per heavy atom. The fraction of sp³-hybridized carbons (Fsp3) is 0.556. The van der Waals surface area contributed by atoms with Crippen LogP contribution in [0.3, 0.4) is 0 Å². The molecule has 0 N–H and O–H groups in total. The standard InChI is InChI=1S/C36H52Si/c1-33(2,3)27-19-15-17-23-25(27)21-29(35(7,8)9)31(23)37(13,14)32-24-18-16-20-28(34(4,5)6)26(24)22-30(32)36(10,11)12/h15-22,31-32H,1-14H3. The first-order chi connectivity index (χ1) is 16.7. The maximum atomic E-state index is 2.69. The maximum Gasteiger partial charge on any atom is 0.0722 e. The number of hydrogen-bond donors (Lipinski definition) is 0. The van der Waals surface area contributed by atoms with Gasteiger partial charge in [0.25, 0.3) is 0 Å². The summed E-state index contributed by atoms with van der Waals surface area (Å²) < 4.78 is 0. The van der Waals surface area contributed by atoms with Gasteiger partial charge < -0.3 is 0 Å². The van der Waals surface area contributed by atoms with Gasteiger partial charge in [-0.2, -0.15) is 0 Å². The molecule has 0 heterocycles. The van der Waals surface area contributed by atoms with E-state index in [0.717, 1.165) is 0 Å². The first kappa shape index (κ1) is 28.2. The zero-order chi connectivity index (χ0) is 27.9. The first-order valence-electron chi connectivity index (χ1n) is 14.4. The Morgan fingerprint density at radius 2 is 0.811 bits per heavy atom. The quantitative estimate of drug-likeness (QED) is 0.351. The van der Waals surface area contributed by atoms with Crippen molar-refractivity contribution in [3.63, 3.8) is 0 Å². The number of rotatable bonds is 2. The smallest absolute Gasteiger partial charge is 0.0679 e. The minimum Gasteiger partial charge on any atom is -0.0679 e. The molecule has 4 rings (SSSR count). The van der Waals surface area contributed by atoms with E-state index < -0.39 is 8.07 Å². The van der Waals surface area contributed by atoms with Gasteiger partial charge in [0.15, 0.2) is 0 Å². The summed E-state index contributed by atoms with van der Waals surface area (Å²) in [6.45, 7) is 34.2. The Kier molecular flexibility index (Phi) is 6.52. The van der Waals surface area contributed by atoms with Crippen LogP contribution in [0.25, 0.3) is 12.2 Å². The molecule has 0 spiro atoms. The van der Waals surface area contributed by atoms with E-state index in [2.05, 4.69) is 145 Å². The third kappa shape index (κ3) is 4.75. The fourth-order valence-electron chi connectivity index (χ4n) is 7.18. The van der Waals surface area contributed by atoms with Gasteiger partial charge in [-0.15, -0.1) is 0 Å². The van der Waals surface area contributed by atoms with E-state index in [9.17, 15) is 0 Å². The minimum atomic E-state index is -1.99. The Bertz CT molecular complexity index is 1170. The average Bonchev–Trinajstić information content (AvgIpc) is 3.31. The predicted molar refractivity (Wildman–Crippen MR) is 168 cm³/mol. The Labute approximate surface area is 229 Å². The van der Waals surface area contributed by atoms with E-state index >= 15 is 0 Å². The molecule has 37 heavy (non-hydrogen) atoms. The molecule has 0 saturated carbocycles. The molecule has 0 bridgehead atoms. The van der Waals surface area contributed by atoms with Crippen LogP contribution in [0, 0.1) is 10.8 Å². The SMILES string of the molecule is CC(C)(C)C1=Cc2c(cccc2C(C)(C)C)C1[Si](C)(C)C1C(C(C)(C)C)=Cc2c1cccc2C(C)(C)C. The van der Waals surface area contributed by atoms with Crippen molar-refractivity contribution < 1.29 is 0 Å². The van der Waals surface area contributed by atoms with Crippen molar-refractivity contribution in [3.05, 3.63) is 80.9 Å².